The molecule has 10 heteroatoms. The monoisotopic (exact) mass is 514 g/mol. The summed E-state index contributed by atoms with van der Waals surface area (Å²) in [4.78, 5) is 38.1. The predicted octanol–water partition coefficient (Wildman–Crippen LogP) is 1.27. The molecule has 3 aliphatic rings. The van der Waals surface area contributed by atoms with Gasteiger partial charge in [-0.25, -0.2) is 0 Å². The van der Waals surface area contributed by atoms with E-state index in [0.717, 1.165) is 0 Å². The third-order valence-corrected chi connectivity index (χ3v) is 7.33. The molecule has 0 saturated carbocycles. The van der Waals surface area contributed by atoms with E-state index in [1.54, 1.807) is 12.1 Å². The summed E-state index contributed by atoms with van der Waals surface area (Å²) in [5.74, 6) is -2.40. The van der Waals surface area contributed by atoms with Gasteiger partial charge in [0, 0.05) is 29.0 Å². The van der Waals surface area contributed by atoms with E-state index in [9.17, 15) is 24.6 Å². The van der Waals surface area contributed by atoms with Gasteiger partial charge in [0.05, 0.1) is 36.5 Å². The lowest BCUT2D eigenvalue weighted by Gasteiger charge is -2.29. The number of carbonyl (C=O) groups is 3. The average Bonchev–Trinajstić information content (AvgIpc) is 2.90. The number of rotatable bonds is 3. The Morgan fingerprint density at radius 3 is 2.35 bits per heavy atom. The Bertz CT molecular complexity index is 1250. The maximum Gasteiger partial charge on any atom is 0.202 e. The molecule has 1 aliphatic heterocycles. The van der Waals surface area contributed by atoms with Gasteiger partial charge in [0.15, 0.2) is 17.9 Å². The summed E-state index contributed by atoms with van der Waals surface area (Å²) >= 11 is 0. The minimum atomic E-state index is -0.664. The highest BCUT2D eigenvalue weighted by Gasteiger charge is 2.41. The van der Waals surface area contributed by atoms with E-state index < -0.39 is 36.5 Å². The second-order valence-corrected chi connectivity index (χ2v) is 9.58. The second kappa shape index (κ2) is 10.6. The van der Waals surface area contributed by atoms with Crippen molar-refractivity contribution in [2.45, 2.75) is 45.0 Å². The van der Waals surface area contributed by atoms with Gasteiger partial charge in [-0.05, 0) is 31.2 Å². The number of phenolic OH excluding ortho intramolecular Hbond substituents is 2. The Balaban J connectivity index is 0.000000301. The van der Waals surface area contributed by atoms with Crippen LogP contribution in [-0.4, -0.2) is 75.6 Å². The molecule has 0 spiro atoms. The van der Waals surface area contributed by atoms with E-state index in [1.165, 1.54) is 13.2 Å². The Kier molecular flexibility index (Phi) is 7.65. The molecule has 2 aromatic carbocycles. The molecule has 2 aromatic rings. The molecular formula is C27H30O10. The van der Waals surface area contributed by atoms with Crippen molar-refractivity contribution in [2.75, 3.05) is 20.3 Å². The van der Waals surface area contributed by atoms with Crippen LogP contribution in [0.2, 0.25) is 0 Å². The second-order valence-electron chi connectivity index (χ2n) is 9.58. The molecule has 3 unspecified atom stereocenters. The summed E-state index contributed by atoms with van der Waals surface area (Å²) in [5, 5.41) is 48.7. The van der Waals surface area contributed by atoms with Gasteiger partial charge in [0.25, 0.3) is 0 Å². The van der Waals surface area contributed by atoms with Crippen molar-refractivity contribution >= 4 is 17.3 Å². The standard InChI is InChI=1S/C21H18O7.C6H12O3/c1-28-14-4-2-3-11-15(14)21(27)17-16(19(11)25)20(26)12-7-9(13(23)8-22)5-6-10(12)18(17)24;1-4-2-6(8)9-3-5(4)7/h2-4,9,22,24,26H,5-8H2,1H3;4-8H,2-3H2,1H3/t9-;/m0./s1. The summed E-state index contributed by atoms with van der Waals surface area (Å²) in [6.45, 7) is 1.56. The number of fused-ring (bicyclic) bond motifs is 3. The van der Waals surface area contributed by atoms with E-state index >= 15 is 0 Å². The maximum atomic E-state index is 13.1. The quantitative estimate of drug-likeness (QED) is 0.321. The van der Waals surface area contributed by atoms with Crippen LogP contribution in [0.1, 0.15) is 62.7 Å². The zero-order chi connectivity index (χ0) is 27.0. The number of aliphatic hydroxyl groups is 3. The van der Waals surface area contributed by atoms with Gasteiger partial charge in [-0.2, -0.15) is 0 Å². The summed E-state index contributed by atoms with van der Waals surface area (Å²) in [6, 6.07) is 4.59. The van der Waals surface area contributed by atoms with Crippen molar-refractivity contribution in [2.24, 2.45) is 11.8 Å². The van der Waals surface area contributed by atoms with Crippen molar-refractivity contribution in [3.05, 3.63) is 51.6 Å². The summed E-state index contributed by atoms with van der Waals surface area (Å²) in [6.07, 6.45) is 0.199. The van der Waals surface area contributed by atoms with Crippen molar-refractivity contribution < 1.29 is 49.4 Å². The van der Waals surface area contributed by atoms with Gasteiger partial charge in [-0.15, -0.1) is 0 Å². The number of methoxy groups -OCH3 is 1. The lowest BCUT2D eigenvalue weighted by atomic mass is 9.75. The molecule has 4 atom stereocenters. The van der Waals surface area contributed by atoms with Crippen molar-refractivity contribution in [3.8, 4) is 17.2 Å². The molecule has 0 radical (unpaired) electrons. The van der Waals surface area contributed by atoms with Crippen LogP contribution in [0.25, 0.3) is 0 Å². The molecule has 1 saturated heterocycles. The normalized spacial score (nSPS) is 24.2. The van der Waals surface area contributed by atoms with Crippen molar-refractivity contribution in [3.63, 3.8) is 0 Å². The summed E-state index contributed by atoms with van der Waals surface area (Å²) < 4.78 is 9.97. The van der Waals surface area contributed by atoms with Crippen LogP contribution in [0.15, 0.2) is 18.2 Å². The Labute approximate surface area is 213 Å². The van der Waals surface area contributed by atoms with Crippen LogP contribution in [-0.2, 0) is 22.4 Å². The average molecular weight is 515 g/mol. The van der Waals surface area contributed by atoms with Crippen LogP contribution in [0, 0.1) is 11.8 Å². The fourth-order valence-electron chi connectivity index (χ4n) is 5.13. The minimum Gasteiger partial charge on any atom is -0.507 e. The number of hydrogen-bond donors (Lipinski definition) is 5. The third kappa shape index (κ3) is 4.73. The predicted molar refractivity (Wildman–Crippen MR) is 129 cm³/mol. The molecule has 1 heterocycles. The van der Waals surface area contributed by atoms with Gasteiger partial charge in [-0.3, -0.25) is 14.4 Å². The number of Topliss-reactive ketones (excluding diaryl/α,β-unsaturated/α-hetero) is 1. The Hall–Kier alpha value is -3.31. The van der Waals surface area contributed by atoms with Crippen LogP contribution < -0.4 is 4.74 Å². The first kappa shape index (κ1) is 26.7. The van der Waals surface area contributed by atoms with E-state index in [-0.39, 0.29) is 76.2 Å². The molecule has 0 aromatic heterocycles. The molecule has 10 nitrogen and oxygen atoms in total. The van der Waals surface area contributed by atoms with Gasteiger partial charge < -0.3 is 35.0 Å². The number of ether oxygens (including phenoxy) is 2. The number of phenols is 2. The van der Waals surface area contributed by atoms with Crippen molar-refractivity contribution in [1.82, 2.24) is 0 Å². The van der Waals surface area contributed by atoms with E-state index in [2.05, 4.69) is 0 Å². The van der Waals surface area contributed by atoms with Gasteiger partial charge in [0.2, 0.25) is 5.78 Å². The zero-order valence-electron chi connectivity index (χ0n) is 20.6. The highest BCUT2D eigenvalue weighted by molar-refractivity contribution is 6.31. The van der Waals surface area contributed by atoms with E-state index in [4.69, 9.17) is 24.8 Å². The lowest BCUT2D eigenvalue weighted by Crippen LogP contribution is -2.35. The molecule has 37 heavy (non-hydrogen) atoms. The highest BCUT2D eigenvalue weighted by atomic mass is 16.6. The topological polar surface area (TPSA) is 171 Å². The SMILES string of the molecule is CC1CC(O)OCC1O.COc1cccc2c1C(=O)c1c(O)c3c(c(O)c1C2=O)C[C@@H](C(=O)CO)CC3. The smallest absolute Gasteiger partial charge is 0.202 e. The third-order valence-electron chi connectivity index (χ3n) is 7.33. The molecule has 0 bridgehead atoms. The molecule has 5 rings (SSSR count). The first-order valence-corrected chi connectivity index (χ1v) is 12.1. The highest BCUT2D eigenvalue weighted by Crippen LogP contribution is 2.47. The fraction of sp³-hybridized carbons (Fsp3) is 0.444. The maximum absolute atomic E-state index is 13.1. The van der Waals surface area contributed by atoms with E-state index in [0.29, 0.717) is 18.4 Å². The van der Waals surface area contributed by atoms with Crippen LogP contribution in [0.5, 0.6) is 17.2 Å². The largest absolute Gasteiger partial charge is 0.507 e. The Morgan fingerprint density at radius 1 is 1.05 bits per heavy atom. The number of aromatic hydroxyl groups is 2. The number of ketones is 3. The van der Waals surface area contributed by atoms with Crippen LogP contribution in [0.3, 0.4) is 0 Å². The van der Waals surface area contributed by atoms with Gasteiger partial charge in [-0.1, -0.05) is 19.1 Å². The minimum absolute atomic E-state index is 0.0568. The number of hydrogen-bond acceptors (Lipinski definition) is 10. The fourth-order valence-corrected chi connectivity index (χ4v) is 5.13. The lowest BCUT2D eigenvalue weighted by molar-refractivity contribution is -0.173. The van der Waals surface area contributed by atoms with Gasteiger partial charge >= 0.3 is 0 Å². The summed E-state index contributed by atoms with van der Waals surface area (Å²) in [7, 11) is 1.38. The van der Waals surface area contributed by atoms with Gasteiger partial charge in [0.1, 0.15) is 23.9 Å². The molecule has 5 N–H and O–H groups in total. The van der Waals surface area contributed by atoms with Crippen molar-refractivity contribution in [1.29, 1.82) is 0 Å². The first-order valence-electron chi connectivity index (χ1n) is 12.1. The number of benzene rings is 2. The first-order chi connectivity index (χ1) is 17.6. The summed E-state index contributed by atoms with van der Waals surface area (Å²) in [5.41, 5.74) is 0.301. The zero-order valence-corrected chi connectivity index (χ0v) is 20.6. The molecule has 2 aliphatic carbocycles. The molecular weight excluding hydrogens is 484 g/mol. The van der Waals surface area contributed by atoms with Crippen LogP contribution >= 0.6 is 0 Å². The molecule has 0 amide bonds. The number of aliphatic hydroxyl groups excluding tert-OH is 3. The Morgan fingerprint density at radius 2 is 1.73 bits per heavy atom. The molecule has 1 fully saturated rings. The number of carbonyl (C=O) groups excluding carboxylic acids is 3. The molecule has 198 valence electrons. The van der Waals surface area contributed by atoms with Crippen LogP contribution in [0.4, 0.5) is 0 Å². The van der Waals surface area contributed by atoms with E-state index in [1.807, 2.05) is 6.92 Å².